The van der Waals surface area contributed by atoms with E-state index in [2.05, 4.69) is 56.7 Å². The molecule has 0 unspecified atom stereocenters. The molecule has 1 heterocycles. The molecular formula is C18H25N3OS. The average Bonchev–Trinajstić information content (AvgIpc) is 3.07. The van der Waals surface area contributed by atoms with E-state index in [1.54, 1.807) is 18.4 Å². The maximum absolute atomic E-state index is 5.61. The minimum absolute atomic E-state index is 0.258. The van der Waals surface area contributed by atoms with Gasteiger partial charge in [0.05, 0.1) is 12.7 Å². The lowest BCUT2D eigenvalue weighted by Gasteiger charge is -2.12. The molecule has 2 aromatic rings. The van der Waals surface area contributed by atoms with Crippen molar-refractivity contribution < 1.29 is 4.74 Å². The van der Waals surface area contributed by atoms with Crippen LogP contribution in [0.25, 0.3) is 0 Å². The second-order valence-corrected chi connectivity index (χ2v) is 6.37. The minimum Gasteiger partial charge on any atom is -0.374 e. The summed E-state index contributed by atoms with van der Waals surface area (Å²) in [5.74, 6) is 0.809. The molecule has 1 aromatic carbocycles. The smallest absolute Gasteiger partial charge is 0.191 e. The summed E-state index contributed by atoms with van der Waals surface area (Å²) in [5.41, 5.74) is 3.69. The van der Waals surface area contributed by atoms with Gasteiger partial charge in [-0.1, -0.05) is 24.3 Å². The molecule has 0 aliphatic heterocycles. The van der Waals surface area contributed by atoms with Gasteiger partial charge in [-0.15, -0.1) is 0 Å². The van der Waals surface area contributed by atoms with Crippen molar-refractivity contribution in [1.29, 1.82) is 0 Å². The number of ether oxygens (including phenoxy) is 1. The zero-order valence-electron chi connectivity index (χ0n) is 14.0. The lowest BCUT2D eigenvalue weighted by atomic mass is 10.1. The predicted molar refractivity (Wildman–Crippen MR) is 97.7 cm³/mol. The van der Waals surface area contributed by atoms with Crippen molar-refractivity contribution >= 4 is 17.3 Å². The number of hydrogen-bond acceptors (Lipinski definition) is 3. The van der Waals surface area contributed by atoms with Crippen molar-refractivity contribution in [3.8, 4) is 0 Å². The summed E-state index contributed by atoms with van der Waals surface area (Å²) in [6.07, 6.45) is 0.258. The second-order valence-electron chi connectivity index (χ2n) is 5.59. The molecule has 0 amide bonds. The second kappa shape index (κ2) is 9.33. The van der Waals surface area contributed by atoms with E-state index in [0.717, 1.165) is 19.0 Å². The summed E-state index contributed by atoms with van der Waals surface area (Å²) in [6.45, 7) is 6.29. The van der Waals surface area contributed by atoms with Crippen LogP contribution in [-0.2, 0) is 24.4 Å². The average molecular weight is 331 g/mol. The van der Waals surface area contributed by atoms with Crippen LogP contribution in [-0.4, -0.2) is 19.1 Å². The topological polar surface area (TPSA) is 45.7 Å². The molecule has 0 bridgehead atoms. The Morgan fingerprint density at radius 3 is 2.26 bits per heavy atom. The summed E-state index contributed by atoms with van der Waals surface area (Å²) in [4.78, 5) is 4.25. The van der Waals surface area contributed by atoms with Crippen molar-refractivity contribution in [3.63, 3.8) is 0 Å². The summed E-state index contributed by atoms with van der Waals surface area (Å²) in [5, 5.41) is 10.9. The zero-order valence-corrected chi connectivity index (χ0v) is 14.8. The highest BCUT2D eigenvalue weighted by atomic mass is 32.1. The SMILES string of the molecule is CN=C(NCc1ccc(COC(C)C)cc1)NCc1ccsc1. The lowest BCUT2D eigenvalue weighted by molar-refractivity contribution is 0.0657. The van der Waals surface area contributed by atoms with Crippen LogP contribution < -0.4 is 10.6 Å². The molecule has 0 spiro atoms. The molecular weight excluding hydrogens is 306 g/mol. The third kappa shape index (κ3) is 6.42. The Morgan fingerprint density at radius 1 is 1.04 bits per heavy atom. The van der Waals surface area contributed by atoms with Crippen molar-refractivity contribution in [2.45, 2.75) is 39.6 Å². The van der Waals surface area contributed by atoms with Gasteiger partial charge in [0.2, 0.25) is 0 Å². The Balaban J connectivity index is 1.77. The molecule has 0 radical (unpaired) electrons. The van der Waals surface area contributed by atoms with Gasteiger partial charge in [-0.05, 0) is 47.4 Å². The van der Waals surface area contributed by atoms with E-state index in [1.165, 1.54) is 16.7 Å². The predicted octanol–water partition coefficient (Wildman–Crippen LogP) is 3.54. The normalized spacial score (nSPS) is 11.7. The number of aliphatic imine (C=N–C) groups is 1. The molecule has 0 saturated heterocycles. The van der Waals surface area contributed by atoms with Crippen molar-refractivity contribution in [1.82, 2.24) is 10.6 Å². The monoisotopic (exact) mass is 331 g/mol. The molecule has 2 rings (SSSR count). The minimum atomic E-state index is 0.258. The quantitative estimate of drug-likeness (QED) is 0.602. The Hall–Kier alpha value is -1.85. The van der Waals surface area contributed by atoms with E-state index < -0.39 is 0 Å². The fraction of sp³-hybridized carbons (Fsp3) is 0.389. The third-order valence-electron chi connectivity index (χ3n) is 3.33. The van der Waals surface area contributed by atoms with Crippen molar-refractivity contribution in [3.05, 3.63) is 57.8 Å². The highest BCUT2D eigenvalue weighted by Crippen LogP contribution is 2.07. The van der Waals surface area contributed by atoms with Gasteiger partial charge in [-0.3, -0.25) is 4.99 Å². The van der Waals surface area contributed by atoms with E-state index in [1.807, 2.05) is 13.8 Å². The first kappa shape index (κ1) is 17.5. The maximum Gasteiger partial charge on any atom is 0.191 e. The number of benzene rings is 1. The molecule has 1 aromatic heterocycles. The molecule has 0 fully saturated rings. The van der Waals surface area contributed by atoms with E-state index in [9.17, 15) is 0 Å². The van der Waals surface area contributed by atoms with Crippen LogP contribution in [0.1, 0.15) is 30.5 Å². The number of nitrogens with one attached hydrogen (secondary N) is 2. The van der Waals surface area contributed by atoms with Crippen molar-refractivity contribution in [2.24, 2.45) is 4.99 Å². The molecule has 5 heteroatoms. The summed E-state index contributed by atoms with van der Waals surface area (Å²) < 4.78 is 5.61. The summed E-state index contributed by atoms with van der Waals surface area (Å²) in [7, 11) is 1.79. The van der Waals surface area contributed by atoms with Gasteiger partial charge in [0.25, 0.3) is 0 Å². The van der Waals surface area contributed by atoms with Crippen LogP contribution in [0.4, 0.5) is 0 Å². The van der Waals surface area contributed by atoms with E-state index >= 15 is 0 Å². The van der Waals surface area contributed by atoms with Gasteiger partial charge in [0.15, 0.2) is 5.96 Å². The third-order valence-corrected chi connectivity index (χ3v) is 4.06. The number of hydrogen-bond donors (Lipinski definition) is 2. The Labute approximate surface area is 142 Å². The Kier molecular flexibility index (Phi) is 7.10. The Morgan fingerprint density at radius 2 is 1.70 bits per heavy atom. The first-order valence-corrected chi connectivity index (χ1v) is 8.76. The molecule has 23 heavy (non-hydrogen) atoms. The molecule has 2 N–H and O–H groups in total. The van der Waals surface area contributed by atoms with Crippen LogP contribution in [0.3, 0.4) is 0 Å². The zero-order chi connectivity index (χ0) is 16.5. The molecule has 0 aliphatic rings. The van der Waals surface area contributed by atoms with Gasteiger partial charge < -0.3 is 15.4 Å². The number of rotatable bonds is 7. The first-order chi connectivity index (χ1) is 11.2. The highest BCUT2D eigenvalue weighted by molar-refractivity contribution is 7.07. The fourth-order valence-electron chi connectivity index (χ4n) is 2.00. The van der Waals surface area contributed by atoms with Gasteiger partial charge in [-0.2, -0.15) is 11.3 Å². The van der Waals surface area contributed by atoms with Gasteiger partial charge in [0.1, 0.15) is 0 Å². The molecule has 124 valence electrons. The molecule has 0 atom stereocenters. The maximum atomic E-state index is 5.61. The van der Waals surface area contributed by atoms with Crippen molar-refractivity contribution in [2.75, 3.05) is 7.05 Å². The van der Waals surface area contributed by atoms with Crippen LogP contribution in [0, 0.1) is 0 Å². The van der Waals surface area contributed by atoms with Gasteiger partial charge in [0, 0.05) is 20.1 Å². The van der Waals surface area contributed by atoms with Crippen LogP contribution in [0.5, 0.6) is 0 Å². The fourth-order valence-corrected chi connectivity index (χ4v) is 2.67. The largest absolute Gasteiger partial charge is 0.374 e. The number of nitrogens with zero attached hydrogens (tertiary/aromatic N) is 1. The lowest BCUT2D eigenvalue weighted by Crippen LogP contribution is -2.36. The van der Waals surface area contributed by atoms with Gasteiger partial charge in [-0.25, -0.2) is 0 Å². The van der Waals surface area contributed by atoms with Gasteiger partial charge >= 0.3 is 0 Å². The summed E-state index contributed by atoms with van der Waals surface area (Å²) in [6, 6.07) is 10.6. The van der Waals surface area contributed by atoms with E-state index in [-0.39, 0.29) is 6.10 Å². The molecule has 4 nitrogen and oxygen atoms in total. The number of thiophene rings is 1. The summed E-state index contributed by atoms with van der Waals surface area (Å²) >= 11 is 1.71. The Bertz CT molecular complexity index is 591. The molecule has 0 aliphatic carbocycles. The highest BCUT2D eigenvalue weighted by Gasteiger charge is 2.01. The van der Waals surface area contributed by atoms with Crippen LogP contribution >= 0.6 is 11.3 Å². The number of guanidine groups is 1. The van der Waals surface area contributed by atoms with Crippen LogP contribution in [0.2, 0.25) is 0 Å². The first-order valence-electron chi connectivity index (χ1n) is 7.82. The standard InChI is InChI=1S/C18H25N3OS/c1-14(2)22-12-16-6-4-15(5-7-16)10-20-18(19-3)21-11-17-8-9-23-13-17/h4-9,13-14H,10-12H2,1-3H3,(H2,19,20,21). The van der Waals surface area contributed by atoms with E-state index in [4.69, 9.17) is 4.74 Å². The van der Waals surface area contributed by atoms with Crippen LogP contribution in [0.15, 0.2) is 46.1 Å². The molecule has 0 saturated carbocycles. The van der Waals surface area contributed by atoms with E-state index in [0.29, 0.717) is 6.61 Å².